The molecule has 0 radical (unpaired) electrons. The first-order valence-corrected chi connectivity index (χ1v) is 6.60. The van der Waals surface area contributed by atoms with Gasteiger partial charge in [-0.1, -0.05) is 0 Å². The number of carbonyl (C=O) groups is 2. The van der Waals surface area contributed by atoms with Crippen molar-refractivity contribution in [1.29, 1.82) is 0 Å². The van der Waals surface area contributed by atoms with E-state index in [2.05, 4.69) is 4.98 Å². The summed E-state index contributed by atoms with van der Waals surface area (Å²) in [6.07, 6.45) is 4.53. The molecule has 1 N–H and O–H groups in total. The highest BCUT2D eigenvalue weighted by Crippen LogP contribution is 2.27. The van der Waals surface area contributed by atoms with E-state index in [-0.39, 0.29) is 22.8 Å². The number of aromatic nitrogens is 1. The topological polar surface area (TPSA) is 93.1 Å². The molecule has 1 fully saturated rings. The number of Topliss-reactive ketones (excluding diaryl/α,β-unsaturated/α-hetero) is 2. The van der Waals surface area contributed by atoms with Crippen molar-refractivity contribution in [3.8, 4) is 0 Å². The van der Waals surface area contributed by atoms with Crippen LogP contribution in [0.4, 0.5) is 5.69 Å². The van der Waals surface area contributed by atoms with Crippen LogP contribution in [0.15, 0.2) is 30.0 Å². The number of nitro groups is 1. The number of H-pyrrole nitrogens is 1. The quantitative estimate of drug-likeness (QED) is 0.397. The Morgan fingerprint density at radius 2 is 1.90 bits per heavy atom. The van der Waals surface area contributed by atoms with E-state index in [0.717, 1.165) is 5.52 Å². The number of carbonyl (C=O) groups excluding carboxylic acids is 2. The van der Waals surface area contributed by atoms with E-state index in [1.807, 2.05) is 0 Å². The molecule has 0 amide bonds. The summed E-state index contributed by atoms with van der Waals surface area (Å²) >= 11 is 0. The fourth-order valence-electron chi connectivity index (χ4n) is 2.51. The van der Waals surface area contributed by atoms with Crippen molar-refractivity contribution < 1.29 is 14.5 Å². The minimum atomic E-state index is -0.472. The summed E-state index contributed by atoms with van der Waals surface area (Å²) in [5.41, 5.74) is 1.51. The maximum atomic E-state index is 11.8. The molecule has 1 aromatic heterocycles. The Labute approximate surface area is 119 Å². The summed E-state index contributed by atoms with van der Waals surface area (Å²) in [5, 5.41) is 11.5. The van der Waals surface area contributed by atoms with Gasteiger partial charge < -0.3 is 4.98 Å². The summed E-state index contributed by atoms with van der Waals surface area (Å²) in [6.45, 7) is 0. The molecule has 0 atom stereocenters. The average Bonchev–Trinajstić information content (AvgIpc) is 2.85. The summed E-state index contributed by atoms with van der Waals surface area (Å²) < 4.78 is 0. The van der Waals surface area contributed by atoms with Crippen molar-refractivity contribution in [3.63, 3.8) is 0 Å². The van der Waals surface area contributed by atoms with Gasteiger partial charge in [0.05, 0.1) is 10.5 Å². The Kier molecular flexibility index (Phi) is 3.13. The number of ketones is 2. The van der Waals surface area contributed by atoms with Crippen molar-refractivity contribution in [1.82, 2.24) is 4.98 Å². The van der Waals surface area contributed by atoms with Gasteiger partial charge in [0.2, 0.25) is 0 Å². The number of nitro benzene ring substituents is 1. The molecular formula is C15H12N2O4. The lowest BCUT2D eigenvalue weighted by Gasteiger charge is -2.10. The Morgan fingerprint density at radius 3 is 2.57 bits per heavy atom. The van der Waals surface area contributed by atoms with Crippen LogP contribution in [0.25, 0.3) is 17.0 Å². The normalized spacial score (nSPS) is 15.5. The second-order valence-corrected chi connectivity index (χ2v) is 4.99. The zero-order valence-electron chi connectivity index (χ0n) is 11.1. The lowest BCUT2D eigenvalue weighted by Crippen LogP contribution is -2.18. The number of benzene rings is 1. The smallest absolute Gasteiger partial charge is 0.270 e. The van der Waals surface area contributed by atoms with E-state index in [1.165, 1.54) is 18.2 Å². The van der Waals surface area contributed by atoms with Crippen LogP contribution < -0.4 is 0 Å². The number of fused-ring (bicyclic) bond motifs is 1. The molecule has 106 valence electrons. The monoisotopic (exact) mass is 284 g/mol. The summed E-state index contributed by atoms with van der Waals surface area (Å²) in [5.74, 6) is -0.322. The van der Waals surface area contributed by atoms with Gasteiger partial charge in [0.15, 0.2) is 11.6 Å². The molecule has 6 nitrogen and oxygen atoms in total. The number of non-ortho nitro benzene ring substituents is 1. The molecule has 1 aliphatic rings. The first-order chi connectivity index (χ1) is 10.1. The molecule has 0 unspecified atom stereocenters. The van der Waals surface area contributed by atoms with Crippen molar-refractivity contribution in [2.45, 2.75) is 19.3 Å². The van der Waals surface area contributed by atoms with Crippen LogP contribution in [-0.2, 0) is 9.59 Å². The molecule has 21 heavy (non-hydrogen) atoms. The summed E-state index contributed by atoms with van der Waals surface area (Å²) in [6, 6.07) is 4.46. The lowest BCUT2D eigenvalue weighted by molar-refractivity contribution is -0.384. The van der Waals surface area contributed by atoms with Gasteiger partial charge in [-0.3, -0.25) is 19.7 Å². The third kappa shape index (κ3) is 2.35. The van der Waals surface area contributed by atoms with E-state index >= 15 is 0 Å². The first-order valence-electron chi connectivity index (χ1n) is 6.60. The maximum absolute atomic E-state index is 11.8. The standard InChI is InChI=1S/C15H12N2O4/c18-14-2-1-3-15(19)12(14)6-9-8-16-13-5-4-10(17(20)21)7-11(9)13/h4-8,16H,1-3H2. The number of allylic oxidation sites excluding steroid dienone is 1. The van der Waals surface area contributed by atoms with Crippen LogP contribution in [0, 0.1) is 10.1 Å². The highest BCUT2D eigenvalue weighted by Gasteiger charge is 2.23. The molecule has 1 saturated carbocycles. The van der Waals surface area contributed by atoms with Gasteiger partial charge in [-0.15, -0.1) is 0 Å². The molecular weight excluding hydrogens is 272 g/mol. The second-order valence-electron chi connectivity index (χ2n) is 4.99. The number of rotatable bonds is 2. The molecule has 1 aromatic carbocycles. The number of hydrogen-bond donors (Lipinski definition) is 1. The van der Waals surface area contributed by atoms with E-state index < -0.39 is 4.92 Å². The highest BCUT2D eigenvalue weighted by atomic mass is 16.6. The molecule has 2 aromatic rings. The molecule has 3 rings (SSSR count). The van der Waals surface area contributed by atoms with Gasteiger partial charge >= 0.3 is 0 Å². The average molecular weight is 284 g/mol. The predicted molar refractivity (Wildman–Crippen MR) is 76.8 cm³/mol. The SMILES string of the molecule is O=C1CCCC(=O)C1=Cc1c[nH]c2ccc([N+](=O)[O-])cc12. The highest BCUT2D eigenvalue weighted by molar-refractivity contribution is 6.25. The Morgan fingerprint density at radius 1 is 1.19 bits per heavy atom. The third-order valence-electron chi connectivity index (χ3n) is 3.62. The molecule has 6 heteroatoms. The fourth-order valence-corrected chi connectivity index (χ4v) is 2.51. The van der Waals surface area contributed by atoms with Crippen LogP contribution in [0.5, 0.6) is 0 Å². The van der Waals surface area contributed by atoms with Crippen LogP contribution in [0.2, 0.25) is 0 Å². The zero-order valence-corrected chi connectivity index (χ0v) is 11.1. The minimum absolute atomic E-state index is 0.0250. The zero-order chi connectivity index (χ0) is 15.0. The van der Waals surface area contributed by atoms with Crippen molar-refractivity contribution in [2.24, 2.45) is 0 Å². The molecule has 0 aliphatic heterocycles. The maximum Gasteiger partial charge on any atom is 0.270 e. The first kappa shape index (κ1) is 13.2. The molecule has 0 spiro atoms. The van der Waals surface area contributed by atoms with Crippen molar-refractivity contribution in [3.05, 3.63) is 45.6 Å². The van der Waals surface area contributed by atoms with Gasteiger partial charge in [0.1, 0.15) is 0 Å². The van der Waals surface area contributed by atoms with Crippen molar-refractivity contribution >= 4 is 34.2 Å². The van der Waals surface area contributed by atoms with Gasteiger partial charge in [-0.25, -0.2) is 0 Å². The second kappa shape index (κ2) is 4.97. The van der Waals surface area contributed by atoms with Crippen LogP contribution >= 0.6 is 0 Å². The lowest BCUT2D eigenvalue weighted by atomic mass is 9.91. The molecule has 1 aliphatic carbocycles. The molecule has 0 bridgehead atoms. The van der Waals surface area contributed by atoms with Crippen LogP contribution in [0.1, 0.15) is 24.8 Å². The fraction of sp³-hybridized carbons (Fsp3) is 0.200. The summed E-state index contributed by atoms with van der Waals surface area (Å²) in [7, 11) is 0. The number of nitrogens with zero attached hydrogens (tertiary/aromatic N) is 1. The van der Waals surface area contributed by atoms with Gasteiger partial charge in [-0.05, 0) is 18.6 Å². The predicted octanol–water partition coefficient (Wildman–Crippen LogP) is 2.78. The van der Waals surface area contributed by atoms with Gasteiger partial charge in [0.25, 0.3) is 5.69 Å². The van der Waals surface area contributed by atoms with Crippen molar-refractivity contribution in [2.75, 3.05) is 0 Å². The summed E-state index contributed by atoms with van der Waals surface area (Å²) in [4.78, 5) is 37.0. The third-order valence-corrected chi connectivity index (χ3v) is 3.62. The largest absolute Gasteiger partial charge is 0.361 e. The van der Waals surface area contributed by atoms with E-state index in [4.69, 9.17) is 0 Å². The Bertz CT molecular complexity index is 783. The van der Waals surface area contributed by atoms with Gasteiger partial charge in [0, 0.05) is 47.6 Å². The Balaban J connectivity index is 2.12. The minimum Gasteiger partial charge on any atom is -0.361 e. The van der Waals surface area contributed by atoms with Crippen LogP contribution in [-0.4, -0.2) is 21.5 Å². The van der Waals surface area contributed by atoms with Crippen LogP contribution in [0.3, 0.4) is 0 Å². The Hall–Kier alpha value is -2.76. The van der Waals surface area contributed by atoms with E-state index in [9.17, 15) is 19.7 Å². The number of hydrogen-bond acceptors (Lipinski definition) is 4. The van der Waals surface area contributed by atoms with Gasteiger partial charge in [-0.2, -0.15) is 0 Å². The number of aromatic amines is 1. The molecule has 1 heterocycles. The molecule has 0 saturated heterocycles. The van der Waals surface area contributed by atoms with E-state index in [1.54, 1.807) is 12.3 Å². The number of nitrogens with one attached hydrogen (secondary N) is 1. The van der Waals surface area contributed by atoms with E-state index in [0.29, 0.717) is 30.2 Å².